The summed E-state index contributed by atoms with van der Waals surface area (Å²) in [5.74, 6) is 0. The summed E-state index contributed by atoms with van der Waals surface area (Å²) in [6.45, 7) is 7.89. The lowest BCUT2D eigenvalue weighted by Crippen LogP contribution is -2.22. The molecule has 0 saturated heterocycles. The van der Waals surface area contributed by atoms with Gasteiger partial charge in [-0.25, -0.2) is 0 Å². The number of unbranched alkanes of at least 4 members (excludes halogenated alkanes) is 1. The van der Waals surface area contributed by atoms with Crippen LogP contribution in [-0.4, -0.2) is 22.9 Å². The van der Waals surface area contributed by atoms with Gasteiger partial charge in [0.15, 0.2) is 0 Å². The minimum absolute atomic E-state index is 0.159. The van der Waals surface area contributed by atoms with Gasteiger partial charge in [-0.3, -0.25) is 0 Å². The zero-order valence-electron chi connectivity index (χ0n) is 8.63. The van der Waals surface area contributed by atoms with Gasteiger partial charge >= 0.3 is 0 Å². The van der Waals surface area contributed by atoms with Gasteiger partial charge in [-0.1, -0.05) is 37.3 Å². The average molecular weight is 221 g/mol. The molecular formula is C9H19NOS2. The van der Waals surface area contributed by atoms with Crippen molar-refractivity contribution in [3.63, 3.8) is 0 Å². The van der Waals surface area contributed by atoms with Crippen molar-refractivity contribution in [3.05, 3.63) is 0 Å². The van der Waals surface area contributed by atoms with Gasteiger partial charge in [-0.2, -0.15) is 0 Å². The van der Waals surface area contributed by atoms with Gasteiger partial charge in [0.05, 0.1) is 0 Å². The quantitative estimate of drug-likeness (QED) is 0.423. The van der Waals surface area contributed by atoms with E-state index in [9.17, 15) is 0 Å². The molecule has 0 amide bonds. The summed E-state index contributed by atoms with van der Waals surface area (Å²) in [6, 6.07) is 0. The predicted molar refractivity (Wildman–Crippen MR) is 64.2 cm³/mol. The second-order valence-electron chi connectivity index (χ2n) is 2.71. The van der Waals surface area contributed by atoms with Crippen LogP contribution in [0.4, 0.5) is 0 Å². The van der Waals surface area contributed by atoms with Crippen molar-refractivity contribution in [1.29, 1.82) is 0 Å². The maximum Gasteiger partial charge on any atom is 0.136 e. The fourth-order valence-corrected chi connectivity index (χ4v) is 2.03. The van der Waals surface area contributed by atoms with Crippen LogP contribution in [0.15, 0.2) is 0 Å². The first-order valence-electron chi connectivity index (χ1n) is 4.76. The third kappa shape index (κ3) is 8.53. The van der Waals surface area contributed by atoms with Crippen LogP contribution in [0, 0.1) is 0 Å². The fraction of sp³-hybridized carbons (Fsp3) is 0.889. The molecule has 0 heterocycles. The molecule has 2 nitrogen and oxygen atoms in total. The number of hydrogen-bond acceptors (Lipinski definition) is 3. The lowest BCUT2D eigenvalue weighted by Gasteiger charge is -2.12. The third-order valence-electron chi connectivity index (χ3n) is 1.47. The van der Waals surface area contributed by atoms with E-state index in [-0.39, 0.29) is 5.44 Å². The van der Waals surface area contributed by atoms with Crippen LogP contribution in [-0.2, 0) is 4.74 Å². The lowest BCUT2D eigenvalue weighted by molar-refractivity contribution is 0.138. The monoisotopic (exact) mass is 221 g/mol. The van der Waals surface area contributed by atoms with E-state index in [1.165, 1.54) is 12.8 Å². The van der Waals surface area contributed by atoms with E-state index >= 15 is 0 Å². The standard InChI is InChI=1S/C9H19NOS2/c1-4-6-7-10-9(12)13-8(3)11-5-2/h8H,4-7H2,1-3H3,(H,10,12)/t8-/m1/s1. The normalized spacial score (nSPS) is 12.5. The minimum atomic E-state index is 0.159. The SMILES string of the molecule is CCCCNC(=S)S[C@H](C)OCC. The second kappa shape index (κ2) is 8.78. The molecule has 0 aliphatic carbocycles. The van der Waals surface area contributed by atoms with Crippen LogP contribution in [0.25, 0.3) is 0 Å². The topological polar surface area (TPSA) is 21.3 Å². The number of rotatable bonds is 6. The van der Waals surface area contributed by atoms with Crippen LogP contribution >= 0.6 is 24.0 Å². The highest BCUT2D eigenvalue weighted by molar-refractivity contribution is 8.23. The molecule has 0 bridgehead atoms. The van der Waals surface area contributed by atoms with Gasteiger partial charge in [-0.15, -0.1) is 0 Å². The highest BCUT2D eigenvalue weighted by Crippen LogP contribution is 2.12. The maximum absolute atomic E-state index is 5.35. The Hall–Kier alpha value is 0.200. The zero-order valence-corrected chi connectivity index (χ0v) is 10.3. The molecule has 0 aromatic carbocycles. The van der Waals surface area contributed by atoms with Gasteiger partial charge < -0.3 is 10.1 Å². The molecule has 0 saturated carbocycles. The van der Waals surface area contributed by atoms with E-state index in [4.69, 9.17) is 17.0 Å². The molecule has 0 aromatic rings. The van der Waals surface area contributed by atoms with E-state index < -0.39 is 0 Å². The molecule has 0 aliphatic heterocycles. The zero-order chi connectivity index (χ0) is 10.1. The Balaban J connectivity index is 3.38. The Morgan fingerprint density at radius 1 is 1.54 bits per heavy atom. The summed E-state index contributed by atoms with van der Waals surface area (Å²) in [5, 5.41) is 3.19. The largest absolute Gasteiger partial charge is 0.371 e. The number of ether oxygens (including phenoxy) is 1. The van der Waals surface area contributed by atoms with Gasteiger partial charge in [0.2, 0.25) is 0 Å². The minimum Gasteiger partial charge on any atom is -0.371 e. The molecular weight excluding hydrogens is 202 g/mol. The van der Waals surface area contributed by atoms with Crippen molar-refractivity contribution in [1.82, 2.24) is 5.32 Å². The molecule has 1 atom stereocenters. The Morgan fingerprint density at radius 3 is 2.77 bits per heavy atom. The number of hydrogen-bond donors (Lipinski definition) is 1. The molecule has 0 aliphatic rings. The van der Waals surface area contributed by atoms with Crippen LogP contribution in [0.2, 0.25) is 0 Å². The van der Waals surface area contributed by atoms with Crippen LogP contribution in [0.3, 0.4) is 0 Å². The average Bonchev–Trinajstić information content (AvgIpc) is 2.05. The predicted octanol–water partition coefficient (Wildman–Crippen LogP) is 2.78. The van der Waals surface area contributed by atoms with Crippen molar-refractivity contribution in [2.75, 3.05) is 13.2 Å². The van der Waals surface area contributed by atoms with Crippen LogP contribution < -0.4 is 5.32 Å². The lowest BCUT2D eigenvalue weighted by atomic mass is 10.3. The first-order chi connectivity index (χ1) is 6.20. The molecule has 0 rings (SSSR count). The number of thioether (sulfide) groups is 1. The smallest absolute Gasteiger partial charge is 0.136 e. The van der Waals surface area contributed by atoms with E-state index in [2.05, 4.69) is 12.2 Å². The van der Waals surface area contributed by atoms with Crippen LogP contribution in [0.5, 0.6) is 0 Å². The Morgan fingerprint density at radius 2 is 2.23 bits per heavy atom. The van der Waals surface area contributed by atoms with Crippen molar-refractivity contribution < 1.29 is 4.74 Å². The molecule has 4 heteroatoms. The molecule has 0 fully saturated rings. The fourth-order valence-electron chi connectivity index (χ4n) is 0.828. The van der Waals surface area contributed by atoms with Gasteiger partial charge in [0.1, 0.15) is 9.76 Å². The van der Waals surface area contributed by atoms with Crippen molar-refractivity contribution in [2.24, 2.45) is 0 Å². The van der Waals surface area contributed by atoms with E-state index in [0.717, 1.165) is 17.5 Å². The highest BCUT2D eigenvalue weighted by atomic mass is 32.2. The van der Waals surface area contributed by atoms with Gasteiger partial charge in [0.25, 0.3) is 0 Å². The number of thiocarbonyl (C=S) groups is 1. The summed E-state index contributed by atoms with van der Waals surface area (Å²) in [7, 11) is 0. The summed E-state index contributed by atoms with van der Waals surface area (Å²) >= 11 is 6.70. The van der Waals surface area contributed by atoms with Gasteiger partial charge in [0, 0.05) is 13.2 Å². The molecule has 0 unspecified atom stereocenters. The molecule has 0 aromatic heterocycles. The molecule has 1 N–H and O–H groups in total. The van der Waals surface area contributed by atoms with E-state index in [0.29, 0.717) is 0 Å². The van der Waals surface area contributed by atoms with Crippen molar-refractivity contribution >= 4 is 28.3 Å². The Bertz CT molecular complexity index is 142. The summed E-state index contributed by atoms with van der Waals surface area (Å²) in [6.07, 6.45) is 2.37. The summed E-state index contributed by atoms with van der Waals surface area (Å²) < 4.78 is 6.20. The van der Waals surface area contributed by atoms with Crippen molar-refractivity contribution in [2.45, 2.75) is 39.0 Å². The molecule has 0 spiro atoms. The van der Waals surface area contributed by atoms with Crippen LogP contribution in [0.1, 0.15) is 33.6 Å². The van der Waals surface area contributed by atoms with E-state index in [1.807, 2.05) is 13.8 Å². The molecule has 0 radical (unpaired) electrons. The summed E-state index contributed by atoms with van der Waals surface area (Å²) in [5.41, 5.74) is 0.159. The third-order valence-corrected chi connectivity index (χ3v) is 2.73. The molecule has 13 heavy (non-hydrogen) atoms. The van der Waals surface area contributed by atoms with Gasteiger partial charge in [-0.05, 0) is 20.3 Å². The first kappa shape index (κ1) is 13.2. The van der Waals surface area contributed by atoms with Crippen molar-refractivity contribution in [3.8, 4) is 0 Å². The summed E-state index contributed by atoms with van der Waals surface area (Å²) in [4.78, 5) is 0. The molecule has 78 valence electrons. The number of nitrogens with one attached hydrogen (secondary N) is 1. The first-order valence-corrected chi connectivity index (χ1v) is 6.05. The maximum atomic E-state index is 5.35. The second-order valence-corrected chi connectivity index (χ2v) is 4.68. The Labute approximate surface area is 90.8 Å². The highest BCUT2D eigenvalue weighted by Gasteiger charge is 2.04. The Kier molecular flexibility index (Phi) is 8.92. The van der Waals surface area contributed by atoms with E-state index in [1.54, 1.807) is 11.8 Å².